The van der Waals surface area contributed by atoms with Gasteiger partial charge in [0.15, 0.2) is 0 Å². The highest BCUT2D eigenvalue weighted by Gasteiger charge is 2.17. The van der Waals surface area contributed by atoms with Gasteiger partial charge in [-0.05, 0) is 29.5 Å². The highest BCUT2D eigenvalue weighted by atomic mass is 32.2. The van der Waals surface area contributed by atoms with Crippen LogP contribution in [0.15, 0.2) is 59.5 Å². The van der Waals surface area contributed by atoms with Gasteiger partial charge in [0.25, 0.3) is 0 Å². The summed E-state index contributed by atoms with van der Waals surface area (Å²) in [6.45, 7) is -0.114. The zero-order valence-corrected chi connectivity index (χ0v) is 15.6. The van der Waals surface area contributed by atoms with Gasteiger partial charge < -0.3 is 5.32 Å². The summed E-state index contributed by atoms with van der Waals surface area (Å²) in [5.41, 5.74) is 1.28. The fraction of sp³-hybridized carbons (Fsp3) is 0.176. The highest BCUT2D eigenvalue weighted by Crippen LogP contribution is 2.16. The Bertz CT molecular complexity index is 1030. The van der Waals surface area contributed by atoms with Crippen LogP contribution in [0.3, 0.4) is 0 Å². The van der Waals surface area contributed by atoms with Gasteiger partial charge in [-0.25, -0.2) is 12.7 Å². The molecule has 140 valence electrons. The van der Waals surface area contributed by atoms with E-state index in [2.05, 4.69) is 20.7 Å². The van der Waals surface area contributed by atoms with Crippen LogP contribution in [0, 0.1) is 0 Å². The number of tetrazole rings is 1. The van der Waals surface area contributed by atoms with E-state index >= 15 is 0 Å². The second-order valence-corrected chi connectivity index (χ2v) is 8.02. The largest absolute Gasteiger partial charge is 0.324 e. The predicted octanol–water partition coefficient (Wildman–Crippen LogP) is 1.23. The van der Waals surface area contributed by atoms with Gasteiger partial charge in [-0.2, -0.15) is 4.80 Å². The number of hydrogen-bond donors (Lipinski definition) is 1. The first-order chi connectivity index (χ1) is 12.9. The van der Waals surface area contributed by atoms with Gasteiger partial charge in [-0.15, -0.1) is 10.2 Å². The number of carbonyl (C=O) groups excluding carboxylic acids is 1. The number of aromatic nitrogens is 4. The van der Waals surface area contributed by atoms with Crippen LogP contribution in [0.4, 0.5) is 5.69 Å². The Hall–Kier alpha value is -3.11. The van der Waals surface area contributed by atoms with E-state index in [1.807, 2.05) is 30.3 Å². The minimum atomic E-state index is -3.51. The van der Waals surface area contributed by atoms with Gasteiger partial charge in [-0.3, -0.25) is 4.79 Å². The summed E-state index contributed by atoms with van der Waals surface area (Å²) in [5, 5.41) is 14.7. The third-order valence-electron chi connectivity index (χ3n) is 3.69. The van der Waals surface area contributed by atoms with Gasteiger partial charge in [0.05, 0.1) is 4.90 Å². The van der Waals surface area contributed by atoms with Crippen LogP contribution in [-0.4, -0.2) is 52.9 Å². The lowest BCUT2D eigenvalue weighted by Gasteiger charge is -2.11. The van der Waals surface area contributed by atoms with Crippen molar-refractivity contribution in [2.24, 2.45) is 0 Å². The van der Waals surface area contributed by atoms with E-state index in [-0.39, 0.29) is 17.3 Å². The molecule has 0 unspecified atom stereocenters. The second-order valence-electron chi connectivity index (χ2n) is 5.87. The molecule has 0 aliphatic carbocycles. The molecule has 0 radical (unpaired) electrons. The topological polar surface area (TPSA) is 110 Å². The van der Waals surface area contributed by atoms with E-state index < -0.39 is 10.0 Å². The van der Waals surface area contributed by atoms with E-state index in [1.165, 1.54) is 43.2 Å². The van der Waals surface area contributed by atoms with Crippen molar-refractivity contribution in [3.05, 3.63) is 54.6 Å². The number of amides is 1. The first-order valence-corrected chi connectivity index (χ1v) is 9.46. The van der Waals surface area contributed by atoms with E-state index in [9.17, 15) is 13.2 Å². The highest BCUT2D eigenvalue weighted by molar-refractivity contribution is 7.89. The predicted molar refractivity (Wildman–Crippen MR) is 99.2 cm³/mol. The summed E-state index contributed by atoms with van der Waals surface area (Å²) in [4.78, 5) is 13.5. The lowest BCUT2D eigenvalue weighted by molar-refractivity contribution is -0.117. The van der Waals surface area contributed by atoms with Crippen LogP contribution >= 0.6 is 0 Å². The normalized spacial score (nSPS) is 11.5. The molecule has 0 atom stereocenters. The Morgan fingerprint density at radius 1 is 1.07 bits per heavy atom. The smallest absolute Gasteiger partial charge is 0.248 e. The Kier molecular flexibility index (Phi) is 5.28. The molecule has 1 amide bonds. The van der Waals surface area contributed by atoms with Gasteiger partial charge in [0.1, 0.15) is 6.54 Å². The van der Waals surface area contributed by atoms with E-state index in [0.29, 0.717) is 11.5 Å². The maximum Gasteiger partial charge on any atom is 0.248 e. The number of nitrogens with zero attached hydrogens (tertiary/aromatic N) is 5. The Morgan fingerprint density at radius 2 is 1.74 bits per heavy atom. The lowest BCUT2D eigenvalue weighted by Crippen LogP contribution is -2.22. The molecule has 0 aliphatic heterocycles. The number of hydrogen-bond acceptors (Lipinski definition) is 6. The monoisotopic (exact) mass is 386 g/mol. The third-order valence-corrected chi connectivity index (χ3v) is 5.52. The zero-order chi connectivity index (χ0) is 19.4. The van der Waals surface area contributed by atoms with Crippen molar-refractivity contribution in [1.82, 2.24) is 24.5 Å². The molecule has 10 heteroatoms. The van der Waals surface area contributed by atoms with Gasteiger partial charge >= 0.3 is 0 Å². The van der Waals surface area contributed by atoms with Crippen molar-refractivity contribution in [3.8, 4) is 11.4 Å². The molecule has 1 heterocycles. The second kappa shape index (κ2) is 7.64. The first-order valence-electron chi connectivity index (χ1n) is 8.02. The maximum absolute atomic E-state index is 12.2. The summed E-state index contributed by atoms with van der Waals surface area (Å²) in [6, 6.07) is 15.2. The summed E-state index contributed by atoms with van der Waals surface area (Å²) in [5.74, 6) is 0.0804. The van der Waals surface area contributed by atoms with Crippen LogP contribution in [-0.2, 0) is 21.4 Å². The standard InChI is InChI=1S/C17H18N6O3S/c1-22(2)27(25,26)15-10-8-14(9-11-15)18-16(24)12-23-20-17(19-21-23)13-6-4-3-5-7-13/h3-11H,12H2,1-2H3,(H,18,24). The molecule has 0 bridgehead atoms. The summed E-state index contributed by atoms with van der Waals surface area (Å²) in [6.07, 6.45) is 0. The van der Waals surface area contributed by atoms with E-state index in [4.69, 9.17) is 0 Å². The molecule has 9 nitrogen and oxygen atoms in total. The number of benzene rings is 2. The van der Waals surface area contributed by atoms with Gasteiger partial charge in [-0.1, -0.05) is 30.3 Å². The van der Waals surface area contributed by atoms with Crippen LogP contribution < -0.4 is 5.32 Å². The third kappa shape index (κ3) is 4.36. The number of rotatable bonds is 6. The summed E-state index contributed by atoms with van der Waals surface area (Å²) < 4.78 is 25.2. The van der Waals surface area contributed by atoms with E-state index in [0.717, 1.165) is 9.87 Å². The maximum atomic E-state index is 12.2. The van der Waals surface area contributed by atoms with Gasteiger partial charge in [0.2, 0.25) is 21.8 Å². The molecule has 0 saturated heterocycles. The van der Waals surface area contributed by atoms with Crippen LogP contribution in [0.5, 0.6) is 0 Å². The van der Waals surface area contributed by atoms with Crippen molar-refractivity contribution < 1.29 is 13.2 Å². The molecular weight excluding hydrogens is 368 g/mol. The van der Waals surface area contributed by atoms with Gasteiger partial charge in [0, 0.05) is 25.3 Å². The molecule has 1 N–H and O–H groups in total. The van der Waals surface area contributed by atoms with Crippen molar-refractivity contribution in [2.45, 2.75) is 11.4 Å². The minimum absolute atomic E-state index is 0.114. The molecule has 0 spiro atoms. The molecule has 3 aromatic rings. The quantitative estimate of drug-likeness (QED) is 0.682. The Balaban J connectivity index is 1.64. The summed E-state index contributed by atoms with van der Waals surface area (Å²) in [7, 11) is -0.590. The average molecular weight is 386 g/mol. The first kappa shape index (κ1) is 18.7. The Morgan fingerprint density at radius 3 is 2.37 bits per heavy atom. The summed E-state index contributed by atoms with van der Waals surface area (Å²) >= 11 is 0. The average Bonchev–Trinajstić information content (AvgIpc) is 3.11. The van der Waals surface area contributed by atoms with E-state index in [1.54, 1.807) is 0 Å². The number of sulfonamides is 1. The van der Waals surface area contributed by atoms with Crippen LogP contribution in [0.25, 0.3) is 11.4 Å². The van der Waals surface area contributed by atoms with Crippen molar-refractivity contribution in [1.29, 1.82) is 0 Å². The fourth-order valence-corrected chi connectivity index (χ4v) is 3.16. The molecule has 27 heavy (non-hydrogen) atoms. The minimum Gasteiger partial charge on any atom is -0.324 e. The molecule has 0 saturated carbocycles. The zero-order valence-electron chi connectivity index (χ0n) is 14.8. The van der Waals surface area contributed by atoms with Crippen molar-refractivity contribution in [3.63, 3.8) is 0 Å². The molecule has 0 fully saturated rings. The number of anilines is 1. The van der Waals surface area contributed by atoms with Crippen molar-refractivity contribution in [2.75, 3.05) is 19.4 Å². The molecular formula is C17H18N6O3S. The lowest BCUT2D eigenvalue weighted by atomic mass is 10.2. The fourth-order valence-electron chi connectivity index (χ4n) is 2.26. The SMILES string of the molecule is CN(C)S(=O)(=O)c1ccc(NC(=O)Cn2nnc(-c3ccccc3)n2)cc1. The number of nitrogens with one attached hydrogen (secondary N) is 1. The van der Waals surface area contributed by atoms with Crippen molar-refractivity contribution >= 4 is 21.6 Å². The molecule has 1 aromatic heterocycles. The molecule has 3 rings (SSSR count). The number of carbonyl (C=O) groups is 1. The van der Waals surface area contributed by atoms with Crippen LogP contribution in [0.1, 0.15) is 0 Å². The molecule has 2 aromatic carbocycles. The van der Waals surface area contributed by atoms with Crippen LogP contribution in [0.2, 0.25) is 0 Å². The molecule has 0 aliphatic rings. The Labute approximate surface area is 156 Å².